The second-order valence-corrected chi connectivity index (χ2v) is 7.86. The molecule has 1 aliphatic heterocycles. The number of nitrogens with zero attached hydrogens (tertiary/aromatic N) is 2. The molecule has 22 heavy (non-hydrogen) atoms. The second-order valence-electron chi connectivity index (χ2n) is 5.63. The van der Waals surface area contributed by atoms with Crippen LogP contribution in [0.5, 0.6) is 0 Å². The van der Waals surface area contributed by atoms with Crippen molar-refractivity contribution in [3.05, 3.63) is 17.5 Å². The first kappa shape index (κ1) is 16.8. The van der Waals surface area contributed by atoms with Gasteiger partial charge in [-0.1, -0.05) is 0 Å². The third-order valence-corrected chi connectivity index (χ3v) is 5.49. The van der Waals surface area contributed by atoms with Crippen molar-refractivity contribution in [3.63, 3.8) is 0 Å². The van der Waals surface area contributed by atoms with Gasteiger partial charge < -0.3 is 10.6 Å². The molecule has 0 spiro atoms. The summed E-state index contributed by atoms with van der Waals surface area (Å²) in [6.45, 7) is 5.46. The highest BCUT2D eigenvalue weighted by molar-refractivity contribution is 7.91. The minimum atomic E-state index is -2.87. The minimum Gasteiger partial charge on any atom is -0.357 e. The molecule has 0 amide bonds. The van der Waals surface area contributed by atoms with Gasteiger partial charge in [0, 0.05) is 24.8 Å². The number of hydrogen-bond donors (Lipinski definition) is 3. The van der Waals surface area contributed by atoms with Gasteiger partial charge in [0.05, 0.1) is 17.7 Å². The Balaban J connectivity index is 1.81. The Labute approximate surface area is 131 Å². The van der Waals surface area contributed by atoms with Gasteiger partial charge in [-0.25, -0.2) is 8.42 Å². The number of rotatable bonds is 6. The van der Waals surface area contributed by atoms with E-state index in [1.807, 2.05) is 20.0 Å². The van der Waals surface area contributed by atoms with Crippen molar-refractivity contribution in [1.82, 2.24) is 20.8 Å². The van der Waals surface area contributed by atoms with Gasteiger partial charge in [0.1, 0.15) is 0 Å². The Morgan fingerprint density at radius 1 is 1.55 bits per heavy atom. The van der Waals surface area contributed by atoms with E-state index >= 15 is 0 Å². The molecule has 1 fully saturated rings. The van der Waals surface area contributed by atoms with Gasteiger partial charge in [-0.2, -0.15) is 5.10 Å². The first-order valence-corrected chi connectivity index (χ1v) is 9.56. The normalized spacial score (nSPS) is 21.0. The van der Waals surface area contributed by atoms with Crippen LogP contribution in [0, 0.1) is 6.92 Å². The summed E-state index contributed by atoms with van der Waals surface area (Å²) in [4.78, 5) is 4.52. The summed E-state index contributed by atoms with van der Waals surface area (Å²) >= 11 is 0. The Hall–Kier alpha value is -1.57. The van der Waals surface area contributed by atoms with Gasteiger partial charge >= 0.3 is 0 Å². The lowest BCUT2D eigenvalue weighted by Gasteiger charge is -2.15. The summed E-state index contributed by atoms with van der Waals surface area (Å²) in [5.74, 6) is 1.17. The van der Waals surface area contributed by atoms with Gasteiger partial charge in [0.25, 0.3) is 0 Å². The lowest BCUT2D eigenvalue weighted by molar-refractivity contribution is 0.599. The third-order valence-electron chi connectivity index (χ3n) is 3.73. The van der Waals surface area contributed by atoms with E-state index in [1.165, 1.54) is 5.56 Å². The molecular formula is C14H25N5O2S. The number of guanidine groups is 1. The van der Waals surface area contributed by atoms with Crippen molar-refractivity contribution in [1.29, 1.82) is 0 Å². The number of nitrogens with one attached hydrogen (secondary N) is 3. The van der Waals surface area contributed by atoms with Gasteiger partial charge in [-0.05, 0) is 38.7 Å². The molecule has 0 aliphatic carbocycles. The van der Waals surface area contributed by atoms with Crippen LogP contribution in [-0.2, 0) is 16.3 Å². The maximum Gasteiger partial charge on any atom is 0.191 e. The number of aliphatic imine (C=N–C) groups is 1. The molecule has 1 saturated heterocycles. The highest BCUT2D eigenvalue weighted by Gasteiger charge is 2.28. The van der Waals surface area contributed by atoms with E-state index in [9.17, 15) is 8.42 Å². The molecular weight excluding hydrogens is 302 g/mol. The second kappa shape index (κ2) is 7.62. The molecule has 1 aromatic rings. The molecule has 2 heterocycles. The lowest BCUT2D eigenvalue weighted by Crippen LogP contribution is -2.44. The van der Waals surface area contributed by atoms with Gasteiger partial charge in [0.15, 0.2) is 15.8 Å². The number of aromatic nitrogens is 2. The molecule has 8 heteroatoms. The predicted octanol–water partition coefficient (Wildman–Crippen LogP) is 0.393. The summed E-state index contributed by atoms with van der Waals surface area (Å²) in [6.07, 6.45) is 4.37. The van der Waals surface area contributed by atoms with E-state index in [4.69, 9.17) is 0 Å². The fraction of sp³-hybridized carbons (Fsp3) is 0.714. The Kier molecular flexibility index (Phi) is 5.82. The van der Waals surface area contributed by atoms with Gasteiger partial charge in [-0.3, -0.25) is 10.1 Å². The van der Waals surface area contributed by atoms with Crippen molar-refractivity contribution in [2.24, 2.45) is 4.99 Å². The average Bonchev–Trinajstić information content (AvgIpc) is 3.01. The van der Waals surface area contributed by atoms with E-state index in [1.54, 1.807) is 0 Å². The summed E-state index contributed by atoms with van der Waals surface area (Å²) in [6, 6.07) is -0.0288. The van der Waals surface area contributed by atoms with Crippen LogP contribution >= 0.6 is 0 Å². The number of hydrogen-bond acceptors (Lipinski definition) is 4. The van der Waals surface area contributed by atoms with Crippen LogP contribution in [-0.4, -0.2) is 55.2 Å². The molecule has 0 radical (unpaired) electrons. The number of aryl methyl sites for hydroxylation is 2. The van der Waals surface area contributed by atoms with Crippen molar-refractivity contribution in [3.8, 4) is 0 Å². The molecule has 1 aliphatic rings. The molecule has 1 atom stereocenters. The summed E-state index contributed by atoms with van der Waals surface area (Å²) in [5, 5.41) is 13.3. The van der Waals surface area contributed by atoms with E-state index in [0.29, 0.717) is 18.9 Å². The smallest absolute Gasteiger partial charge is 0.191 e. The Morgan fingerprint density at radius 2 is 2.36 bits per heavy atom. The minimum absolute atomic E-state index is 0.0288. The maximum atomic E-state index is 11.5. The predicted molar refractivity (Wildman–Crippen MR) is 87.8 cm³/mol. The lowest BCUT2D eigenvalue weighted by atomic mass is 10.1. The van der Waals surface area contributed by atoms with E-state index in [-0.39, 0.29) is 17.5 Å². The van der Waals surface area contributed by atoms with Gasteiger partial charge in [0.2, 0.25) is 0 Å². The molecule has 1 aromatic heterocycles. The first-order chi connectivity index (χ1) is 10.5. The molecule has 124 valence electrons. The zero-order valence-corrected chi connectivity index (χ0v) is 14.0. The molecule has 0 aromatic carbocycles. The van der Waals surface area contributed by atoms with Crippen LogP contribution in [0.15, 0.2) is 11.2 Å². The van der Waals surface area contributed by atoms with E-state index in [2.05, 4.69) is 25.8 Å². The van der Waals surface area contributed by atoms with Crippen molar-refractivity contribution >= 4 is 15.8 Å². The van der Waals surface area contributed by atoms with Crippen molar-refractivity contribution in [2.75, 3.05) is 24.6 Å². The number of sulfone groups is 1. The van der Waals surface area contributed by atoms with Gasteiger partial charge in [-0.15, -0.1) is 0 Å². The van der Waals surface area contributed by atoms with Crippen LogP contribution < -0.4 is 10.6 Å². The first-order valence-electron chi connectivity index (χ1n) is 7.74. The average molecular weight is 327 g/mol. The molecule has 3 N–H and O–H groups in total. The Morgan fingerprint density at radius 3 is 2.95 bits per heavy atom. The monoisotopic (exact) mass is 327 g/mol. The topological polar surface area (TPSA) is 99.2 Å². The molecule has 7 nitrogen and oxygen atoms in total. The van der Waals surface area contributed by atoms with Crippen LogP contribution in [0.2, 0.25) is 0 Å². The summed E-state index contributed by atoms with van der Waals surface area (Å²) in [7, 11) is -2.87. The number of H-pyrrole nitrogens is 1. The zero-order valence-electron chi connectivity index (χ0n) is 13.2. The van der Waals surface area contributed by atoms with Crippen LogP contribution in [0.4, 0.5) is 0 Å². The van der Waals surface area contributed by atoms with E-state index < -0.39 is 9.84 Å². The quantitative estimate of drug-likeness (QED) is 0.399. The molecule has 0 bridgehead atoms. The maximum absolute atomic E-state index is 11.5. The largest absolute Gasteiger partial charge is 0.357 e. The third kappa shape index (κ3) is 5.01. The fourth-order valence-corrected chi connectivity index (χ4v) is 4.18. The van der Waals surface area contributed by atoms with Crippen LogP contribution in [0.25, 0.3) is 0 Å². The highest BCUT2D eigenvalue weighted by Crippen LogP contribution is 2.11. The van der Waals surface area contributed by atoms with Crippen molar-refractivity contribution < 1.29 is 8.42 Å². The van der Waals surface area contributed by atoms with Crippen LogP contribution in [0.3, 0.4) is 0 Å². The fourth-order valence-electron chi connectivity index (χ4n) is 2.51. The number of aromatic amines is 1. The van der Waals surface area contributed by atoms with E-state index in [0.717, 1.165) is 25.1 Å². The molecule has 0 saturated carbocycles. The standard InChI is InChI=1S/C14H25N5O2S/c1-3-15-14(18-13-6-8-22(20,21)10-13)16-7-4-5-12-9-17-19-11(12)2/h9,13H,3-8,10H2,1-2H3,(H,17,19)(H2,15,16,18). The molecule has 1 unspecified atom stereocenters. The van der Waals surface area contributed by atoms with Crippen molar-refractivity contribution in [2.45, 2.75) is 39.2 Å². The Bertz CT molecular complexity index is 609. The summed E-state index contributed by atoms with van der Waals surface area (Å²) < 4.78 is 23.0. The SMILES string of the molecule is CCNC(=NCCCc1cn[nH]c1C)NC1CCS(=O)(=O)C1. The molecule has 2 rings (SSSR count). The highest BCUT2D eigenvalue weighted by atomic mass is 32.2. The summed E-state index contributed by atoms with van der Waals surface area (Å²) in [5.41, 5.74) is 2.32. The van der Waals surface area contributed by atoms with Crippen LogP contribution in [0.1, 0.15) is 31.0 Å². The zero-order chi connectivity index (χ0) is 16.0.